The minimum absolute atomic E-state index is 0.00307. The van der Waals surface area contributed by atoms with Gasteiger partial charge < -0.3 is 24.4 Å². The van der Waals surface area contributed by atoms with Gasteiger partial charge in [0.2, 0.25) is 0 Å². The minimum atomic E-state index is -0.369. The summed E-state index contributed by atoms with van der Waals surface area (Å²) in [6, 6.07) is 13.6. The molecule has 0 spiro atoms. The highest BCUT2D eigenvalue weighted by molar-refractivity contribution is 6.02. The van der Waals surface area contributed by atoms with Gasteiger partial charge in [-0.3, -0.25) is 9.48 Å². The lowest BCUT2D eigenvalue weighted by molar-refractivity contribution is 0.0427. The fourth-order valence-corrected chi connectivity index (χ4v) is 4.98. The van der Waals surface area contributed by atoms with Crippen LogP contribution >= 0.6 is 0 Å². The number of amides is 1. The molecule has 1 fully saturated rings. The van der Waals surface area contributed by atoms with E-state index in [1.165, 1.54) is 0 Å². The van der Waals surface area contributed by atoms with Gasteiger partial charge in [0.05, 0.1) is 30.6 Å². The number of carbonyl (C=O) groups is 1. The topological polar surface area (TPSA) is 77.9 Å². The first-order valence-corrected chi connectivity index (χ1v) is 11.9. The minimum Gasteiger partial charge on any atom is -0.490 e. The van der Waals surface area contributed by atoms with Gasteiger partial charge in [-0.05, 0) is 43.2 Å². The van der Waals surface area contributed by atoms with Crippen LogP contribution in [0.1, 0.15) is 41.3 Å². The monoisotopic (exact) mass is 460 g/mol. The van der Waals surface area contributed by atoms with Crippen LogP contribution < -0.4 is 14.8 Å². The van der Waals surface area contributed by atoms with Crippen molar-refractivity contribution < 1.29 is 19.0 Å². The van der Waals surface area contributed by atoms with Gasteiger partial charge in [-0.2, -0.15) is 5.10 Å². The van der Waals surface area contributed by atoms with Crippen molar-refractivity contribution in [2.45, 2.75) is 31.5 Å². The highest BCUT2D eigenvalue weighted by Gasteiger charge is 2.37. The Hall–Kier alpha value is -3.52. The Balaban J connectivity index is 1.42. The second-order valence-corrected chi connectivity index (χ2v) is 9.00. The predicted octanol–water partition coefficient (Wildman–Crippen LogP) is 3.99. The summed E-state index contributed by atoms with van der Waals surface area (Å²) in [7, 11) is 1.90. The number of hydrogen-bond donors (Lipinski definition) is 1. The van der Waals surface area contributed by atoms with Crippen LogP contribution in [0.2, 0.25) is 0 Å². The summed E-state index contributed by atoms with van der Waals surface area (Å²) in [5.74, 6) is 1.47. The lowest BCUT2D eigenvalue weighted by Gasteiger charge is -2.39. The molecule has 3 aliphatic rings. The molecule has 2 aromatic carbocycles. The highest BCUT2D eigenvalue weighted by Crippen LogP contribution is 2.40. The van der Waals surface area contributed by atoms with Crippen molar-refractivity contribution in [2.75, 3.05) is 31.7 Å². The predicted molar refractivity (Wildman–Crippen MR) is 127 cm³/mol. The van der Waals surface area contributed by atoms with Crippen LogP contribution in [0.15, 0.2) is 48.7 Å². The van der Waals surface area contributed by atoms with E-state index in [-0.39, 0.29) is 18.2 Å². The lowest BCUT2D eigenvalue weighted by Crippen LogP contribution is -2.46. The molecule has 1 aromatic heterocycles. The van der Waals surface area contributed by atoms with Gasteiger partial charge in [-0.25, -0.2) is 0 Å². The Labute approximate surface area is 198 Å². The number of aromatic nitrogens is 2. The average Bonchev–Trinajstić information content (AvgIpc) is 3.44. The second kappa shape index (κ2) is 8.68. The van der Waals surface area contributed by atoms with Crippen molar-refractivity contribution in [1.29, 1.82) is 0 Å². The van der Waals surface area contributed by atoms with Crippen molar-refractivity contribution in [1.82, 2.24) is 14.7 Å². The summed E-state index contributed by atoms with van der Waals surface area (Å²) in [5.41, 5.74) is 4.16. The van der Waals surface area contributed by atoms with Crippen molar-refractivity contribution in [3.63, 3.8) is 0 Å². The maximum atomic E-state index is 13.6. The third-order valence-corrected chi connectivity index (χ3v) is 6.62. The van der Waals surface area contributed by atoms with E-state index in [0.717, 1.165) is 59.9 Å². The molecule has 1 amide bonds. The number of aryl methyl sites for hydroxylation is 1. The Morgan fingerprint density at radius 2 is 1.91 bits per heavy atom. The molecular weight excluding hydrogens is 432 g/mol. The van der Waals surface area contributed by atoms with Crippen LogP contribution in [0.3, 0.4) is 0 Å². The number of anilines is 1. The molecule has 34 heavy (non-hydrogen) atoms. The fourth-order valence-electron chi connectivity index (χ4n) is 4.98. The quantitative estimate of drug-likeness (QED) is 0.634. The van der Waals surface area contributed by atoms with Crippen molar-refractivity contribution in [2.24, 2.45) is 7.05 Å². The molecule has 2 atom stereocenters. The molecule has 1 saturated heterocycles. The normalized spacial score (nSPS) is 21.7. The van der Waals surface area contributed by atoms with Gasteiger partial charge in [0, 0.05) is 49.6 Å². The Kier molecular flexibility index (Phi) is 5.37. The van der Waals surface area contributed by atoms with Gasteiger partial charge in [0.15, 0.2) is 11.5 Å². The van der Waals surface area contributed by atoms with Gasteiger partial charge in [-0.1, -0.05) is 12.1 Å². The number of ether oxygens (including phenoxy) is 3. The summed E-state index contributed by atoms with van der Waals surface area (Å²) < 4.78 is 19.4. The van der Waals surface area contributed by atoms with Crippen LogP contribution in [-0.4, -0.2) is 53.1 Å². The lowest BCUT2D eigenvalue weighted by atomic mass is 10.00. The van der Waals surface area contributed by atoms with Crippen LogP contribution in [0.25, 0.3) is 11.3 Å². The first-order chi connectivity index (χ1) is 16.7. The highest BCUT2D eigenvalue weighted by atomic mass is 16.5. The maximum absolute atomic E-state index is 13.6. The third-order valence-electron chi connectivity index (χ3n) is 6.62. The zero-order chi connectivity index (χ0) is 23.1. The zero-order valence-electron chi connectivity index (χ0n) is 19.2. The number of rotatable bonds is 4. The molecule has 0 radical (unpaired) electrons. The number of carbonyl (C=O) groups excluding carboxylic acids is 1. The van der Waals surface area contributed by atoms with E-state index in [1.807, 2.05) is 60.6 Å². The fraction of sp³-hybridized carbons (Fsp3) is 0.385. The third kappa shape index (κ3) is 3.77. The molecular formula is C26H28N4O4. The van der Waals surface area contributed by atoms with E-state index in [9.17, 15) is 4.79 Å². The summed E-state index contributed by atoms with van der Waals surface area (Å²) in [4.78, 5) is 15.5. The van der Waals surface area contributed by atoms with Crippen LogP contribution in [0, 0.1) is 0 Å². The standard InChI is InChI=1S/C26H28N4O4/c1-29-16-20(24(28-29)17-9-10-22-23(14-17)34-13-5-12-33-22)25-27-21-8-3-2-7-19(21)26(31)30(25)15-18-6-4-11-32-18/h2-3,7-10,14,16,18,25,27H,4-6,11-13,15H2,1H3/t18-,25-/m0/s1. The summed E-state index contributed by atoms with van der Waals surface area (Å²) in [6.45, 7) is 2.54. The van der Waals surface area contributed by atoms with Crippen LogP contribution in [0.4, 0.5) is 5.69 Å². The average molecular weight is 461 g/mol. The first-order valence-electron chi connectivity index (χ1n) is 11.9. The van der Waals surface area contributed by atoms with E-state index in [1.54, 1.807) is 4.68 Å². The first kappa shape index (κ1) is 21.0. The van der Waals surface area contributed by atoms with Gasteiger partial charge in [0.25, 0.3) is 5.91 Å². The summed E-state index contributed by atoms with van der Waals surface area (Å²) >= 11 is 0. The molecule has 6 rings (SSSR count). The molecule has 176 valence electrons. The van der Waals surface area contributed by atoms with Crippen molar-refractivity contribution >= 4 is 11.6 Å². The van der Waals surface area contributed by atoms with Gasteiger partial charge >= 0.3 is 0 Å². The zero-order valence-corrected chi connectivity index (χ0v) is 19.2. The summed E-state index contributed by atoms with van der Waals surface area (Å²) in [6.07, 6.45) is 4.49. The number of para-hydroxylation sites is 1. The SMILES string of the molecule is Cn1cc([C@H]2Nc3ccccc3C(=O)N2C[C@@H]2CCCO2)c(-c2ccc3c(c2)OCCCO3)n1. The van der Waals surface area contributed by atoms with Crippen molar-refractivity contribution in [3.05, 3.63) is 59.8 Å². The van der Waals surface area contributed by atoms with E-state index in [4.69, 9.17) is 19.3 Å². The van der Waals surface area contributed by atoms with Crippen LogP contribution in [0.5, 0.6) is 11.5 Å². The number of nitrogens with zero attached hydrogens (tertiary/aromatic N) is 3. The number of benzene rings is 2. The van der Waals surface area contributed by atoms with E-state index >= 15 is 0 Å². The van der Waals surface area contributed by atoms with Crippen molar-refractivity contribution in [3.8, 4) is 22.8 Å². The molecule has 3 aromatic rings. The van der Waals surface area contributed by atoms with E-state index in [2.05, 4.69) is 5.32 Å². The molecule has 4 heterocycles. The molecule has 0 bridgehead atoms. The molecule has 0 aliphatic carbocycles. The molecule has 0 unspecified atom stereocenters. The van der Waals surface area contributed by atoms with E-state index in [0.29, 0.717) is 25.3 Å². The van der Waals surface area contributed by atoms with E-state index < -0.39 is 0 Å². The Morgan fingerprint density at radius 1 is 1.06 bits per heavy atom. The molecule has 8 heteroatoms. The van der Waals surface area contributed by atoms with Gasteiger partial charge in [0.1, 0.15) is 6.17 Å². The largest absolute Gasteiger partial charge is 0.490 e. The van der Waals surface area contributed by atoms with Gasteiger partial charge in [-0.15, -0.1) is 0 Å². The number of hydrogen-bond acceptors (Lipinski definition) is 6. The second-order valence-electron chi connectivity index (χ2n) is 9.00. The molecule has 8 nitrogen and oxygen atoms in total. The molecule has 3 aliphatic heterocycles. The van der Waals surface area contributed by atoms with Crippen LogP contribution in [-0.2, 0) is 11.8 Å². The Morgan fingerprint density at radius 3 is 2.76 bits per heavy atom. The molecule has 0 saturated carbocycles. The maximum Gasteiger partial charge on any atom is 0.257 e. The smallest absolute Gasteiger partial charge is 0.257 e. The molecule has 1 N–H and O–H groups in total. The Bertz CT molecular complexity index is 1220. The summed E-state index contributed by atoms with van der Waals surface area (Å²) in [5, 5.41) is 8.39. The number of nitrogens with one attached hydrogen (secondary N) is 1. The number of fused-ring (bicyclic) bond motifs is 2.